The molecular weight excluding hydrogens is 430 g/mol. The van der Waals surface area contributed by atoms with Gasteiger partial charge in [-0.25, -0.2) is 0 Å². The Balaban J connectivity index is 1.15. The molecule has 1 amide bonds. The summed E-state index contributed by atoms with van der Waals surface area (Å²) in [4.78, 5) is 23.2. The van der Waals surface area contributed by atoms with Crippen molar-refractivity contribution in [2.75, 3.05) is 26.2 Å². The number of likely N-dealkylation sites (tertiary alicyclic amines) is 2. The van der Waals surface area contributed by atoms with E-state index < -0.39 is 0 Å². The van der Waals surface area contributed by atoms with Crippen molar-refractivity contribution >= 4 is 39.8 Å². The first kappa shape index (κ1) is 21.5. The van der Waals surface area contributed by atoms with Gasteiger partial charge in [0, 0.05) is 42.1 Å². The van der Waals surface area contributed by atoms with E-state index in [1.807, 2.05) is 0 Å². The highest BCUT2D eigenvalue weighted by Crippen LogP contribution is 2.38. The van der Waals surface area contributed by atoms with Crippen molar-refractivity contribution in [2.45, 2.75) is 69.2 Å². The van der Waals surface area contributed by atoms with Crippen LogP contribution in [0.3, 0.4) is 0 Å². The number of rotatable bonds is 3. The van der Waals surface area contributed by atoms with Crippen LogP contribution in [0, 0.1) is 0 Å². The minimum absolute atomic E-state index is 0.0166. The minimum atomic E-state index is -0.133. The molecule has 3 aliphatic heterocycles. The Kier molecular flexibility index (Phi) is 5.83. The van der Waals surface area contributed by atoms with Crippen LogP contribution in [0.4, 0.5) is 0 Å². The molecule has 4 heterocycles. The van der Waals surface area contributed by atoms with Gasteiger partial charge in [0.05, 0.1) is 6.04 Å². The molecule has 2 atom stereocenters. The first-order valence-electron chi connectivity index (χ1n) is 12.7. The van der Waals surface area contributed by atoms with Gasteiger partial charge in [0.15, 0.2) is 0 Å². The zero-order valence-corrected chi connectivity index (χ0v) is 20.3. The Bertz CT molecular complexity index is 1110. The van der Waals surface area contributed by atoms with E-state index in [0.717, 1.165) is 66.1 Å². The van der Waals surface area contributed by atoms with Crippen LogP contribution in [-0.2, 0) is 11.2 Å². The number of aliphatic imine (C=N–C) groups is 1. The second-order valence-corrected chi connectivity index (χ2v) is 11.1. The Hall–Kier alpha value is -2.05. The molecule has 174 valence electrons. The lowest BCUT2D eigenvalue weighted by atomic mass is 9.99. The molecule has 0 saturated carbocycles. The number of hydrogen-bond acceptors (Lipinski definition) is 5. The maximum absolute atomic E-state index is 13.5. The Labute approximate surface area is 200 Å². The van der Waals surface area contributed by atoms with E-state index in [4.69, 9.17) is 9.41 Å². The number of benzene rings is 1. The lowest BCUT2D eigenvalue weighted by Crippen LogP contribution is -2.50. The topological polar surface area (TPSA) is 49.1 Å². The molecule has 1 aromatic carbocycles. The van der Waals surface area contributed by atoms with E-state index in [-0.39, 0.29) is 17.2 Å². The van der Waals surface area contributed by atoms with E-state index in [2.05, 4.69) is 47.1 Å². The zero-order chi connectivity index (χ0) is 22.4. The lowest BCUT2D eigenvalue weighted by Gasteiger charge is -2.40. The van der Waals surface area contributed by atoms with E-state index in [0.29, 0.717) is 6.04 Å². The number of hydrogen-bond donors (Lipinski definition) is 0. The van der Waals surface area contributed by atoms with Gasteiger partial charge in [-0.05, 0) is 58.2 Å². The third-order valence-corrected chi connectivity index (χ3v) is 9.21. The number of amides is 1. The van der Waals surface area contributed by atoms with Crippen molar-refractivity contribution in [2.24, 2.45) is 4.99 Å². The molecule has 0 bridgehead atoms. The molecule has 1 aliphatic carbocycles. The van der Waals surface area contributed by atoms with Gasteiger partial charge >= 0.3 is 0 Å². The number of nitrogens with zero attached hydrogens (tertiary/aromatic N) is 3. The summed E-state index contributed by atoms with van der Waals surface area (Å²) < 4.78 is 6.31. The molecule has 2 unspecified atom stereocenters. The van der Waals surface area contributed by atoms with Gasteiger partial charge in [0.2, 0.25) is 5.91 Å². The summed E-state index contributed by atoms with van der Waals surface area (Å²) in [5.74, 6) is 1.33. The van der Waals surface area contributed by atoms with Crippen LogP contribution in [0.1, 0.15) is 62.3 Å². The van der Waals surface area contributed by atoms with Crippen molar-refractivity contribution in [1.29, 1.82) is 0 Å². The third-order valence-electron chi connectivity index (χ3n) is 7.81. The number of carbonyl (C=O) groups excluding carboxylic acids is 1. The van der Waals surface area contributed by atoms with Crippen molar-refractivity contribution in [3.05, 3.63) is 41.2 Å². The van der Waals surface area contributed by atoms with Gasteiger partial charge in [0.1, 0.15) is 21.6 Å². The predicted octanol–water partition coefficient (Wildman–Crippen LogP) is 5.12. The predicted molar refractivity (Wildman–Crippen MR) is 136 cm³/mol. The molecule has 0 radical (unpaired) electrons. The highest BCUT2D eigenvalue weighted by atomic mass is 32.2. The second-order valence-electron chi connectivity index (χ2n) is 9.93. The SMILES string of the molecule is CC1N=C(c2cccc3c4c(oc23)CCC=C4)SC1C(=O)N1CCC(N2CCCCC2)CC1. The average Bonchev–Trinajstić information content (AvgIpc) is 3.44. The van der Waals surface area contributed by atoms with Crippen molar-refractivity contribution in [3.63, 3.8) is 0 Å². The molecule has 0 spiro atoms. The third kappa shape index (κ3) is 3.95. The fourth-order valence-electron chi connectivity index (χ4n) is 5.95. The van der Waals surface area contributed by atoms with Crippen LogP contribution in [0.5, 0.6) is 0 Å². The van der Waals surface area contributed by atoms with Crippen LogP contribution < -0.4 is 0 Å². The zero-order valence-electron chi connectivity index (χ0n) is 19.5. The maximum Gasteiger partial charge on any atom is 0.238 e. The molecule has 2 saturated heterocycles. The molecule has 0 N–H and O–H groups in total. The summed E-state index contributed by atoms with van der Waals surface area (Å²) in [6, 6.07) is 6.96. The number of fused-ring (bicyclic) bond motifs is 3. The summed E-state index contributed by atoms with van der Waals surface area (Å²) in [5.41, 5.74) is 3.16. The van der Waals surface area contributed by atoms with Gasteiger partial charge in [-0.15, -0.1) is 0 Å². The molecule has 1 aromatic heterocycles. The maximum atomic E-state index is 13.5. The fraction of sp³-hybridized carbons (Fsp3) is 0.556. The van der Waals surface area contributed by atoms with E-state index in [9.17, 15) is 4.79 Å². The minimum Gasteiger partial charge on any atom is -0.460 e. The molecule has 6 rings (SSSR count). The van der Waals surface area contributed by atoms with Crippen molar-refractivity contribution in [3.8, 4) is 0 Å². The van der Waals surface area contributed by atoms with Gasteiger partial charge in [0.25, 0.3) is 0 Å². The smallest absolute Gasteiger partial charge is 0.238 e. The molecule has 33 heavy (non-hydrogen) atoms. The fourth-order valence-corrected chi connectivity index (χ4v) is 7.21. The lowest BCUT2D eigenvalue weighted by molar-refractivity contribution is -0.132. The van der Waals surface area contributed by atoms with Gasteiger partial charge in [-0.3, -0.25) is 9.79 Å². The van der Waals surface area contributed by atoms with Crippen LogP contribution in [-0.4, -0.2) is 64.3 Å². The average molecular weight is 464 g/mol. The van der Waals surface area contributed by atoms with Crippen molar-refractivity contribution in [1.82, 2.24) is 9.80 Å². The summed E-state index contributed by atoms with van der Waals surface area (Å²) in [7, 11) is 0. The first-order chi connectivity index (χ1) is 16.2. The molecule has 6 heteroatoms. The van der Waals surface area contributed by atoms with Crippen LogP contribution >= 0.6 is 11.8 Å². The standard InChI is InChI=1S/C27H33N3O2S/c1-18-25(27(31)30-16-12-19(13-17-30)29-14-5-2-6-15-29)33-26(28-18)22-10-7-9-21-20-8-3-4-11-23(20)32-24(21)22/h3,7-10,18-19,25H,2,4-6,11-17H2,1H3. The molecule has 2 aromatic rings. The number of para-hydroxylation sites is 1. The molecular formula is C27H33N3O2S. The first-order valence-corrected chi connectivity index (χ1v) is 13.6. The second kappa shape index (κ2) is 8.95. The van der Waals surface area contributed by atoms with Crippen LogP contribution in [0.25, 0.3) is 17.0 Å². The summed E-state index contributed by atoms with van der Waals surface area (Å²) in [6.45, 7) is 6.32. The normalized spacial score (nSPS) is 26.6. The number of carbonyl (C=O) groups is 1. The number of piperidine rings is 2. The highest BCUT2D eigenvalue weighted by Gasteiger charge is 2.38. The monoisotopic (exact) mass is 463 g/mol. The number of thioether (sulfide) groups is 1. The number of aryl methyl sites for hydroxylation is 1. The highest BCUT2D eigenvalue weighted by molar-refractivity contribution is 8.15. The quantitative estimate of drug-likeness (QED) is 0.634. The summed E-state index contributed by atoms with van der Waals surface area (Å²) in [5, 5.41) is 1.97. The Morgan fingerprint density at radius 2 is 1.94 bits per heavy atom. The molecule has 5 nitrogen and oxygen atoms in total. The summed E-state index contributed by atoms with van der Waals surface area (Å²) >= 11 is 1.63. The largest absolute Gasteiger partial charge is 0.460 e. The van der Waals surface area contributed by atoms with E-state index >= 15 is 0 Å². The Morgan fingerprint density at radius 1 is 1.12 bits per heavy atom. The van der Waals surface area contributed by atoms with Crippen LogP contribution in [0.15, 0.2) is 33.7 Å². The number of allylic oxidation sites excluding steroid dienone is 1. The van der Waals surface area contributed by atoms with Crippen LogP contribution in [0.2, 0.25) is 0 Å². The van der Waals surface area contributed by atoms with Gasteiger partial charge in [-0.1, -0.05) is 42.5 Å². The van der Waals surface area contributed by atoms with E-state index in [1.165, 1.54) is 37.9 Å². The van der Waals surface area contributed by atoms with Gasteiger partial charge in [-0.2, -0.15) is 0 Å². The molecule has 4 aliphatic rings. The van der Waals surface area contributed by atoms with Crippen molar-refractivity contribution < 1.29 is 9.21 Å². The Morgan fingerprint density at radius 3 is 2.76 bits per heavy atom. The van der Waals surface area contributed by atoms with Gasteiger partial charge < -0.3 is 14.2 Å². The molecule has 2 fully saturated rings. The summed E-state index contributed by atoms with van der Waals surface area (Å²) in [6.07, 6.45) is 12.6. The number of furan rings is 1. The van der Waals surface area contributed by atoms with E-state index in [1.54, 1.807) is 11.8 Å².